The molecular formula is C46H43N9O8S2. The summed E-state index contributed by atoms with van der Waals surface area (Å²) in [6.07, 6.45) is 6.13. The Kier molecular flexibility index (Phi) is 13.5. The van der Waals surface area contributed by atoms with Crippen LogP contribution in [0.1, 0.15) is 60.3 Å². The van der Waals surface area contributed by atoms with Crippen molar-refractivity contribution in [3.63, 3.8) is 0 Å². The van der Waals surface area contributed by atoms with Crippen molar-refractivity contribution in [2.24, 2.45) is 0 Å². The summed E-state index contributed by atoms with van der Waals surface area (Å²) in [5, 5.41) is 23.0. The molecule has 0 unspecified atom stereocenters. The molecule has 3 amide bonds. The van der Waals surface area contributed by atoms with Crippen LogP contribution in [0.15, 0.2) is 141 Å². The number of nitrogens with one attached hydrogen (secondary N) is 5. The molecule has 0 aliphatic rings. The van der Waals surface area contributed by atoms with Gasteiger partial charge in [0.05, 0.1) is 50.2 Å². The number of hydrogen-bond donors (Lipinski definition) is 5. The molecule has 4 aromatic carbocycles. The third-order valence-corrected chi connectivity index (χ3v) is 13.7. The molecule has 0 saturated carbocycles. The third-order valence-electron chi connectivity index (χ3n) is 10.2. The number of methoxy groups -OCH3 is 1. The summed E-state index contributed by atoms with van der Waals surface area (Å²) in [7, 11) is -5.85. The minimum Gasteiger partial charge on any atom is -0.496 e. The van der Waals surface area contributed by atoms with E-state index in [9.17, 15) is 31.2 Å². The molecule has 0 fully saturated rings. The van der Waals surface area contributed by atoms with Gasteiger partial charge in [-0.1, -0.05) is 24.3 Å². The van der Waals surface area contributed by atoms with Gasteiger partial charge in [-0.15, -0.1) is 0 Å². The number of aromatic nitrogens is 6. The number of aryl methyl sites for hydroxylation is 2. The smallest absolute Gasteiger partial charge is 0.253 e. The lowest BCUT2D eigenvalue weighted by Gasteiger charge is -2.12. The standard InChI is InChI=1S/C23H21N5O4S.C23H22N4O4S/c1-2-24-22(29)16-5-9-20(10-6-16)33(31,32)19-7-3-15(4-8-19)12-26-23(30)18-11-17-14-27-28-21(17)25-13-18;1-14-8-20(9-15(2)21(14)31-3)32(29,30)19-6-4-16(5-7-19)11-25-23(28)18-10-17-13-26-27-22(17)24-12-18/h3-11,13-14H,2,12H2,1H3,(H,24,29)(H,26,30)(H,25,27,28);4-10,12-13H,11H2,1-3H3,(H,25,28)(H,24,26,27). The summed E-state index contributed by atoms with van der Waals surface area (Å²) in [6, 6.07) is 25.2. The fourth-order valence-corrected chi connectivity index (χ4v) is 9.46. The Labute approximate surface area is 373 Å². The molecule has 0 radical (unpaired) electrons. The molecule has 0 aliphatic carbocycles. The number of pyridine rings is 2. The molecule has 65 heavy (non-hydrogen) atoms. The lowest BCUT2D eigenvalue weighted by molar-refractivity contribution is 0.0942. The fraction of sp³-hybridized carbons (Fsp3) is 0.152. The number of benzene rings is 4. The van der Waals surface area contributed by atoms with Crippen LogP contribution in [-0.4, -0.2) is 78.6 Å². The van der Waals surface area contributed by atoms with Gasteiger partial charge in [-0.05, 0) is 116 Å². The van der Waals surface area contributed by atoms with E-state index in [0.29, 0.717) is 40.3 Å². The predicted molar refractivity (Wildman–Crippen MR) is 241 cm³/mol. The summed E-state index contributed by atoms with van der Waals surface area (Å²) in [5.41, 5.74) is 5.46. The van der Waals surface area contributed by atoms with E-state index in [4.69, 9.17) is 4.74 Å². The van der Waals surface area contributed by atoms with E-state index in [1.807, 2.05) is 20.8 Å². The van der Waals surface area contributed by atoms with Crippen molar-refractivity contribution in [1.29, 1.82) is 0 Å². The number of hydrogen-bond acceptors (Lipinski definition) is 12. The second-order valence-electron chi connectivity index (χ2n) is 14.7. The van der Waals surface area contributed by atoms with Gasteiger partial charge in [-0.25, -0.2) is 26.8 Å². The quantitative estimate of drug-likeness (QED) is 0.0919. The van der Waals surface area contributed by atoms with E-state index in [-0.39, 0.29) is 50.4 Å². The van der Waals surface area contributed by atoms with Gasteiger partial charge in [0, 0.05) is 48.4 Å². The van der Waals surface area contributed by atoms with Crippen molar-refractivity contribution in [2.75, 3.05) is 13.7 Å². The van der Waals surface area contributed by atoms with Crippen LogP contribution in [0, 0.1) is 13.8 Å². The number of H-pyrrole nitrogens is 2. The molecule has 0 saturated heterocycles. The van der Waals surface area contributed by atoms with Crippen LogP contribution in [0.5, 0.6) is 5.75 Å². The average molecular weight is 914 g/mol. The molecule has 8 rings (SSSR count). The van der Waals surface area contributed by atoms with Gasteiger partial charge in [-0.3, -0.25) is 24.6 Å². The van der Waals surface area contributed by atoms with E-state index in [1.165, 1.54) is 48.8 Å². The largest absolute Gasteiger partial charge is 0.496 e. The maximum absolute atomic E-state index is 13.1. The van der Waals surface area contributed by atoms with E-state index in [2.05, 4.69) is 46.3 Å². The number of carbonyl (C=O) groups excluding carboxylic acids is 3. The maximum atomic E-state index is 13.1. The molecular weight excluding hydrogens is 871 g/mol. The number of fused-ring (bicyclic) bond motifs is 2. The van der Waals surface area contributed by atoms with Gasteiger partial charge in [0.15, 0.2) is 11.3 Å². The first-order valence-corrected chi connectivity index (χ1v) is 23.0. The van der Waals surface area contributed by atoms with E-state index >= 15 is 0 Å². The molecule has 4 aromatic heterocycles. The second kappa shape index (κ2) is 19.3. The van der Waals surface area contributed by atoms with Crippen LogP contribution in [0.25, 0.3) is 22.1 Å². The van der Waals surface area contributed by atoms with Crippen LogP contribution in [-0.2, 0) is 32.8 Å². The van der Waals surface area contributed by atoms with Gasteiger partial charge in [0.1, 0.15) is 5.75 Å². The summed E-state index contributed by atoms with van der Waals surface area (Å²) < 4.78 is 57.2. The predicted octanol–water partition coefficient (Wildman–Crippen LogP) is 5.82. The number of sulfone groups is 2. The minimum absolute atomic E-state index is 0.0961. The van der Waals surface area contributed by atoms with Crippen molar-refractivity contribution in [3.05, 3.63) is 161 Å². The number of rotatable bonds is 13. The first kappa shape index (κ1) is 45.3. The molecule has 5 N–H and O–H groups in total. The third kappa shape index (κ3) is 10.2. The van der Waals surface area contributed by atoms with E-state index < -0.39 is 19.7 Å². The SMILES string of the molecule is CCNC(=O)c1ccc(S(=O)(=O)c2ccc(CNC(=O)c3cnc4[nH]ncc4c3)cc2)cc1.COc1c(C)cc(S(=O)(=O)c2ccc(CNC(=O)c3cnc4[nH]ncc4c3)cc2)cc1C. The topological polar surface area (TPSA) is 248 Å². The Morgan fingerprint density at radius 3 is 1.35 bits per heavy atom. The highest BCUT2D eigenvalue weighted by Gasteiger charge is 2.21. The van der Waals surface area contributed by atoms with Crippen LogP contribution in [0.4, 0.5) is 0 Å². The van der Waals surface area contributed by atoms with Crippen molar-refractivity contribution in [2.45, 2.75) is 53.4 Å². The van der Waals surface area contributed by atoms with Crippen LogP contribution >= 0.6 is 0 Å². The highest BCUT2D eigenvalue weighted by Crippen LogP contribution is 2.30. The molecule has 0 bridgehead atoms. The zero-order valence-corrected chi connectivity index (χ0v) is 37.2. The normalized spacial score (nSPS) is 11.4. The van der Waals surface area contributed by atoms with Crippen molar-refractivity contribution >= 4 is 59.5 Å². The van der Waals surface area contributed by atoms with E-state index in [0.717, 1.165) is 33.0 Å². The number of carbonyl (C=O) groups is 3. The fourth-order valence-electron chi connectivity index (χ4n) is 6.77. The lowest BCUT2D eigenvalue weighted by Crippen LogP contribution is -2.23. The van der Waals surface area contributed by atoms with Gasteiger partial charge >= 0.3 is 0 Å². The summed E-state index contributed by atoms with van der Waals surface area (Å²) >= 11 is 0. The Hall–Kier alpha value is -7.77. The first-order chi connectivity index (χ1) is 31.2. The molecule has 0 aliphatic heterocycles. The van der Waals surface area contributed by atoms with Gasteiger partial charge in [0.25, 0.3) is 17.7 Å². The van der Waals surface area contributed by atoms with Gasteiger partial charge in [-0.2, -0.15) is 10.2 Å². The lowest BCUT2D eigenvalue weighted by atomic mass is 10.1. The number of aromatic amines is 2. The van der Waals surface area contributed by atoms with Crippen LogP contribution in [0.3, 0.4) is 0 Å². The number of amides is 3. The Morgan fingerprint density at radius 1 is 0.538 bits per heavy atom. The zero-order valence-electron chi connectivity index (χ0n) is 35.5. The van der Waals surface area contributed by atoms with Gasteiger partial charge < -0.3 is 20.7 Å². The Bertz CT molecular complexity index is 3240. The van der Waals surface area contributed by atoms with Crippen LogP contribution < -0.4 is 20.7 Å². The summed E-state index contributed by atoms with van der Waals surface area (Å²) in [4.78, 5) is 45.6. The molecule has 8 aromatic rings. The number of nitrogens with zero attached hydrogens (tertiary/aromatic N) is 4. The average Bonchev–Trinajstić information content (AvgIpc) is 4.00. The second-order valence-corrected chi connectivity index (χ2v) is 18.6. The molecule has 0 atom stereocenters. The van der Waals surface area contributed by atoms with Crippen molar-refractivity contribution in [1.82, 2.24) is 46.3 Å². The number of ether oxygens (including phenoxy) is 1. The molecule has 0 spiro atoms. The summed E-state index contributed by atoms with van der Waals surface area (Å²) in [6.45, 7) is 6.41. The highest BCUT2D eigenvalue weighted by atomic mass is 32.2. The molecule has 4 heterocycles. The van der Waals surface area contributed by atoms with Gasteiger partial charge in [0.2, 0.25) is 19.7 Å². The van der Waals surface area contributed by atoms with Crippen molar-refractivity contribution < 1.29 is 36.0 Å². The Morgan fingerprint density at radius 2 is 0.938 bits per heavy atom. The highest BCUT2D eigenvalue weighted by molar-refractivity contribution is 7.91. The Balaban J connectivity index is 0.000000194. The first-order valence-electron chi connectivity index (χ1n) is 20.0. The minimum atomic E-state index is -3.74. The zero-order chi connectivity index (χ0) is 46.3. The van der Waals surface area contributed by atoms with Crippen molar-refractivity contribution in [3.8, 4) is 5.75 Å². The molecule has 17 nitrogen and oxygen atoms in total. The van der Waals surface area contributed by atoms with E-state index in [1.54, 1.807) is 80.2 Å². The van der Waals surface area contributed by atoms with Crippen LogP contribution in [0.2, 0.25) is 0 Å². The molecule has 332 valence electrons. The molecule has 19 heteroatoms. The monoisotopic (exact) mass is 913 g/mol. The summed E-state index contributed by atoms with van der Waals surface area (Å²) in [5.74, 6) is -0.151. The maximum Gasteiger partial charge on any atom is 0.253 e.